The molecule has 1 aromatic carbocycles. The Bertz CT molecular complexity index is 780. The minimum absolute atomic E-state index is 0.0619. The molecule has 132 valence electrons. The largest absolute Gasteiger partial charge is 0.461 e. The van der Waals surface area contributed by atoms with E-state index in [1.54, 1.807) is 46.8 Å². The molecule has 0 aliphatic heterocycles. The minimum Gasteiger partial charge on any atom is -0.461 e. The predicted octanol–water partition coefficient (Wildman–Crippen LogP) is 3.58. The smallest absolute Gasteiger partial charge is 0.357 e. The molecule has 0 radical (unpaired) electrons. The Balaban J connectivity index is 2.59. The van der Waals surface area contributed by atoms with Crippen LogP contribution in [0.2, 0.25) is 0 Å². The summed E-state index contributed by atoms with van der Waals surface area (Å²) in [5.41, 5.74) is 0.486. The van der Waals surface area contributed by atoms with Gasteiger partial charge in [0.15, 0.2) is 17.2 Å². The second kappa shape index (κ2) is 7.42. The number of hydrogen-bond acceptors (Lipinski definition) is 6. The van der Waals surface area contributed by atoms with Gasteiger partial charge >= 0.3 is 11.9 Å². The Labute approximate surface area is 147 Å². The molecule has 0 aliphatic rings. The van der Waals surface area contributed by atoms with Gasteiger partial charge in [-0.1, -0.05) is 30.3 Å². The highest BCUT2D eigenvalue weighted by Crippen LogP contribution is 2.21. The summed E-state index contributed by atoms with van der Waals surface area (Å²) in [5, 5.41) is 0. The van der Waals surface area contributed by atoms with Crippen LogP contribution in [-0.4, -0.2) is 34.1 Å². The Kier molecular flexibility index (Phi) is 5.51. The molecular weight excluding hydrogens is 320 g/mol. The first-order chi connectivity index (χ1) is 11.7. The molecule has 2 aromatic rings. The van der Waals surface area contributed by atoms with Crippen LogP contribution in [0.25, 0.3) is 11.4 Å². The summed E-state index contributed by atoms with van der Waals surface area (Å²) in [6, 6.07) is 9.13. The number of carbonyl (C=O) groups excluding carboxylic acids is 2. The van der Waals surface area contributed by atoms with Crippen LogP contribution in [0.1, 0.15) is 54.2 Å². The monoisotopic (exact) mass is 342 g/mol. The van der Waals surface area contributed by atoms with E-state index in [0.717, 1.165) is 0 Å². The fourth-order valence-electron chi connectivity index (χ4n) is 2.16. The van der Waals surface area contributed by atoms with E-state index >= 15 is 0 Å². The SMILES string of the molecule is CCOC(=O)c1nc(-c2ccccc2)nc(C(=O)OC(C)(C)C)c1C. The first-order valence-corrected chi connectivity index (χ1v) is 8.07. The molecule has 1 heterocycles. The highest BCUT2D eigenvalue weighted by molar-refractivity contribution is 5.96. The zero-order valence-electron chi connectivity index (χ0n) is 15.1. The molecule has 0 aliphatic carbocycles. The second-order valence-corrected chi connectivity index (χ2v) is 6.46. The highest BCUT2D eigenvalue weighted by atomic mass is 16.6. The summed E-state index contributed by atoms with van der Waals surface area (Å²) in [7, 11) is 0. The molecule has 0 bridgehead atoms. The zero-order chi connectivity index (χ0) is 18.6. The molecule has 6 nitrogen and oxygen atoms in total. The summed E-state index contributed by atoms with van der Waals surface area (Å²) in [6.07, 6.45) is 0. The van der Waals surface area contributed by atoms with Crippen molar-refractivity contribution < 1.29 is 19.1 Å². The van der Waals surface area contributed by atoms with Crippen molar-refractivity contribution >= 4 is 11.9 Å². The van der Waals surface area contributed by atoms with Gasteiger partial charge in [-0.15, -0.1) is 0 Å². The van der Waals surface area contributed by atoms with Crippen LogP contribution in [0, 0.1) is 6.92 Å². The van der Waals surface area contributed by atoms with Crippen molar-refractivity contribution in [3.05, 3.63) is 47.3 Å². The number of ether oxygens (including phenoxy) is 2. The molecule has 0 spiro atoms. The molecule has 0 unspecified atom stereocenters. The Hall–Kier alpha value is -2.76. The fourth-order valence-corrected chi connectivity index (χ4v) is 2.16. The fraction of sp³-hybridized carbons (Fsp3) is 0.368. The van der Waals surface area contributed by atoms with E-state index in [4.69, 9.17) is 9.47 Å². The molecule has 0 saturated heterocycles. The normalized spacial score (nSPS) is 11.1. The number of benzene rings is 1. The van der Waals surface area contributed by atoms with Gasteiger partial charge in [0.2, 0.25) is 0 Å². The van der Waals surface area contributed by atoms with E-state index in [2.05, 4.69) is 9.97 Å². The van der Waals surface area contributed by atoms with E-state index in [1.807, 2.05) is 18.2 Å². The van der Waals surface area contributed by atoms with Crippen molar-refractivity contribution in [2.24, 2.45) is 0 Å². The Morgan fingerprint density at radius 2 is 1.56 bits per heavy atom. The molecule has 0 saturated carbocycles. The van der Waals surface area contributed by atoms with Crippen LogP contribution in [0.15, 0.2) is 30.3 Å². The van der Waals surface area contributed by atoms with Gasteiger partial charge < -0.3 is 9.47 Å². The van der Waals surface area contributed by atoms with Crippen LogP contribution in [0.5, 0.6) is 0 Å². The van der Waals surface area contributed by atoms with Crippen molar-refractivity contribution in [3.8, 4) is 11.4 Å². The molecule has 2 rings (SSSR count). The third-order valence-corrected chi connectivity index (χ3v) is 3.24. The standard InChI is InChI=1S/C19H22N2O4/c1-6-24-17(22)14-12(2)15(18(23)25-19(3,4)5)21-16(20-14)13-10-8-7-9-11-13/h7-11H,6H2,1-5H3. The predicted molar refractivity (Wildman–Crippen MR) is 93.3 cm³/mol. The van der Waals surface area contributed by atoms with Gasteiger partial charge in [0.25, 0.3) is 0 Å². The van der Waals surface area contributed by atoms with E-state index in [1.165, 1.54) is 0 Å². The summed E-state index contributed by atoms with van der Waals surface area (Å²) in [6.45, 7) is 8.84. The molecule has 25 heavy (non-hydrogen) atoms. The maximum Gasteiger partial charge on any atom is 0.357 e. The number of rotatable bonds is 4. The molecule has 0 N–H and O–H groups in total. The summed E-state index contributed by atoms with van der Waals surface area (Å²) in [4.78, 5) is 33.4. The molecule has 0 amide bonds. The lowest BCUT2D eigenvalue weighted by molar-refractivity contribution is 0.00618. The lowest BCUT2D eigenvalue weighted by Gasteiger charge is -2.20. The summed E-state index contributed by atoms with van der Waals surface area (Å²) >= 11 is 0. The second-order valence-electron chi connectivity index (χ2n) is 6.46. The van der Waals surface area contributed by atoms with Crippen molar-refractivity contribution in [1.29, 1.82) is 0 Å². The van der Waals surface area contributed by atoms with Crippen molar-refractivity contribution in [2.45, 2.75) is 40.2 Å². The first-order valence-electron chi connectivity index (χ1n) is 8.07. The Morgan fingerprint density at radius 3 is 2.08 bits per heavy atom. The third-order valence-electron chi connectivity index (χ3n) is 3.24. The van der Waals surface area contributed by atoms with E-state index < -0.39 is 17.5 Å². The van der Waals surface area contributed by atoms with Gasteiger partial charge in [-0.3, -0.25) is 0 Å². The van der Waals surface area contributed by atoms with Gasteiger partial charge in [-0.05, 0) is 34.6 Å². The van der Waals surface area contributed by atoms with Crippen LogP contribution >= 0.6 is 0 Å². The lowest BCUT2D eigenvalue weighted by atomic mass is 10.1. The van der Waals surface area contributed by atoms with Gasteiger partial charge in [0.05, 0.1) is 6.61 Å². The highest BCUT2D eigenvalue weighted by Gasteiger charge is 2.26. The van der Waals surface area contributed by atoms with E-state index in [9.17, 15) is 9.59 Å². The van der Waals surface area contributed by atoms with Gasteiger partial charge in [-0.2, -0.15) is 0 Å². The molecule has 0 atom stereocenters. The van der Waals surface area contributed by atoms with Crippen LogP contribution in [0.3, 0.4) is 0 Å². The zero-order valence-corrected chi connectivity index (χ0v) is 15.1. The van der Waals surface area contributed by atoms with Crippen LogP contribution in [-0.2, 0) is 9.47 Å². The van der Waals surface area contributed by atoms with Crippen molar-refractivity contribution in [3.63, 3.8) is 0 Å². The number of esters is 2. The van der Waals surface area contributed by atoms with Crippen molar-refractivity contribution in [2.75, 3.05) is 6.61 Å². The lowest BCUT2D eigenvalue weighted by Crippen LogP contribution is -2.26. The average molecular weight is 342 g/mol. The average Bonchev–Trinajstić information content (AvgIpc) is 2.54. The van der Waals surface area contributed by atoms with Gasteiger partial charge in [-0.25, -0.2) is 19.6 Å². The maximum absolute atomic E-state index is 12.5. The number of nitrogens with zero attached hydrogens (tertiary/aromatic N) is 2. The third kappa shape index (κ3) is 4.62. The summed E-state index contributed by atoms with van der Waals surface area (Å²) in [5.74, 6) is -0.922. The minimum atomic E-state index is -0.675. The maximum atomic E-state index is 12.5. The molecule has 6 heteroatoms. The van der Waals surface area contributed by atoms with E-state index in [0.29, 0.717) is 11.1 Å². The molecule has 0 fully saturated rings. The molecular formula is C19H22N2O4. The number of hydrogen-bond donors (Lipinski definition) is 0. The van der Waals surface area contributed by atoms with Crippen molar-refractivity contribution in [1.82, 2.24) is 9.97 Å². The molecule has 1 aromatic heterocycles. The topological polar surface area (TPSA) is 78.4 Å². The first kappa shape index (κ1) is 18.6. The van der Waals surface area contributed by atoms with E-state index in [-0.39, 0.29) is 23.8 Å². The van der Waals surface area contributed by atoms with Gasteiger partial charge in [0, 0.05) is 11.1 Å². The number of aromatic nitrogens is 2. The van der Waals surface area contributed by atoms with Gasteiger partial charge in [0.1, 0.15) is 5.60 Å². The summed E-state index contributed by atoms with van der Waals surface area (Å²) < 4.78 is 10.5. The number of carbonyl (C=O) groups is 2. The van der Waals surface area contributed by atoms with Crippen LogP contribution in [0.4, 0.5) is 0 Å². The van der Waals surface area contributed by atoms with Crippen LogP contribution < -0.4 is 0 Å². The quantitative estimate of drug-likeness (QED) is 0.790. The Morgan fingerprint density at radius 1 is 1.00 bits per heavy atom.